The van der Waals surface area contributed by atoms with Gasteiger partial charge in [-0.3, -0.25) is 9.89 Å². The number of aliphatic imine (C=N–C) groups is 2. The Morgan fingerprint density at radius 2 is 2.09 bits per heavy atom. The number of fused-ring (bicyclic) bond motifs is 1. The lowest BCUT2D eigenvalue weighted by molar-refractivity contribution is 0.198. The van der Waals surface area contributed by atoms with Crippen molar-refractivity contribution in [3.63, 3.8) is 0 Å². The van der Waals surface area contributed by atoms with Gasteiger partial charge in [-0.15, -0.1) is 0 Å². The molecule has 0 radical (unpaired) electrons. The zero-order chi connectivity index (χ0) is 23.8. The van der Waals surface area contributed by atoms with E-state index in [1.807, 2.05) is 41.3 Å². The third kappa shape index (κ3) is 3.53. The molecule has 0 fully saturated rings. The first-order valence-electron chi connectivity index (χ1n) is 11.7. The van der Waals surface area contributed by atoms with E-state index in [4.69, 9.17) is 25.2 Å². The van der Waals surface area contributed by atoms with Gasteiger partial charge in [0.2, 0.25) is 11.5 Å². The van der Waals surface area contributed by atoms with Crippen molar-refractivity contribution >= 4 is 11.8 Å². The van der Waals surface area contributed by atoms with Crippen LogP contribution < -0.4 is 5.73 Å². The normalized spacial score (nSPS) is 23.2. The highest BCUT2D eigenvalue weighted by Gasteiger charge is 2.53. The Balaban J connectivity index is 1.49. The van der Waals surface area contributed by atoms with E-state index in [0.29, 0.717) is 47.5 Å². The summed E-state index contributed by atoms with van der Waals surface area (Å²) in [6.45, 7) is 1.36. The van der Waals surface area contributed by atoms with Crippen LogP contribution in [0, 0.1) is 5.95 Å². The second-order valence-electron chi connectivity index (χ2n) is 8.67. The Morgan fingerprint density at radius 1 is 1.14 bits per heavy atom. The first-order valence-corrected chi connectivity index (χ1v) is 11.7. The van der Waals surface area contributed by atoms with Crippen molar-refractivity contribution < 1.29 is 13.9 Å². The van der Waals surface area contributed by atoms with Crippen LogP contribution in [0.1, 0.15) is 24.8 Å². The topological polar surface area (TPSA) is 85.3 Å². The highest BCUT2D eigenvalue weighted by molar-refractivity contribution is 6.12. The molecule has 8 heteroatoms. The maximum atomic E-state index is 14.6. The van der Waals surface area contributed by atoms with E-state index < -0.39 is 11.5 Å². The summed E-state index contributed by atoms with van der Waals surface area (Å²) >= 11 is 0. The molecule has 0 bridgehead atoms. The van der Waals surface area contributed by atoms with Crippen LogP contribution in [0.25, 0.3) is 11.1 Å². The Labute approximate surface area is 202 Å². The predicted octanol–water partition coefficient (Wildman–Crippen LogP) is 4.52. The van der Waals surface area contributed by atoms with E-state index in [-0.39, 0.29) is 0 Å². The molecule has 1 aliphatic carbocycles. The number of halogens is 1. The van der Waals surface area contributed by atoms with Crippen molar-refractivity contribution in [3.8, 4) is 11.1 Å². The average molecular weight is 470 g/mol. The number of pyridine rings is 1. The number of guanidine groups is 1. The van der Waals surface area contributed by atoms with E-state index in [2.05, 4.69) is 11.1 Å². The lowest BCUT2D eigenvalue weighted by Gasteiger charge is -2.35. The minimum absolute atomic E-state index is 0.363. The number of amidine groups is 1. The van der Waals surface area contributed by atoms with E-state index in [9.17, 15) is 4.39 Å². The molecule has 1 aromatic heterocycles. The maximum absolute atomic E-state index is 14.6. The number of benzene rings is 1. The molecule has 7 nitrogen and oxygen atoms in total. The first kappa shape index (κ1) is 21.3. The molecule has 2 N–H and O–H groups in total. The zero-order valence-corrected chi connectivity index (χ0v) is 19.0. The van der Waals surface area contributed by atoms with E-state index in [0.717, 1.165) is 30.4 Å². The van der Waals surface area contributed by atoms with Crippen molar-refractivity contribution in [2.24, 2.45) is 15.7 Å². The summed E-state index contributed by atoms with van der Waals surface area (Å²) in [7, 11) is 0. The fourth-order valence-electron chi connectivity index (χ4n) is 4.87. The number of nitrogens with two attached hydrogens (primary N) is 1. The van der Waals surface area contributed by atoms with E-state index in [1.54, 1.807) is 24.7 Å². The fourth-order valence-corrected chi connectivity index (χ4v) is 4.87. The molecule has 1 aromatic carbocycles. The van der Waals surface area contributed by atoms with E-state index >= 15 is 0 Å². The van der Waals surface area contributed by atoms with Gasteiger partial charge in [-0.2, -0.15) is 4.39 Å². The van der Waals surface area contributed by atoms with Crippen LogP contribution >= 0.6 is 0 Å². The third-order valence-corrected chi connectivity index (χ3v) is 6.55. The molecular formula is C27H24FN5O2. The minimum atomic E-state index is -1.16. The second kappa shape index (κ2) is 8.54. The fraction of sp³-hybridized carbons (Fsp3) is 0.222. The van der Waals surface area contributed by atoms with Gasteiger partial charge in [0, 0.05) is 24.8 Å². The number of hydrogen-bond donors (Lipinski definition) is 1. The summed E-state index contributed by atoms with van der Waals surface area (Å²) in [6, 6.07) is 10.9. The largest absolute Gasteiger partial charge is 0.465 e. The molecule has 3 aliphatic heterocycles. The number of rotatable bonds is 4. The molecule has 1 atom stereocenters. The van der Waals surface area contributed by atoms with Crippen LogP contribution in [0.15, 0.2) is 100 Å². The van der Waals surface area contributed by atoms with Gasteiger partial charge in [-0.25, -0.2) is 9.98 Å². The van der Waals surface area contributed by atoms with Crippen LogP contribution in [0.3, 0.4) is 0 Å². The van der Waals surface area contributed by atoms with E-state index in [1.165, 1.54) is 6.20 Å². The van der Waals surface area contributed by atoms with Crippen LogP contribution in [0.5, 0.6) is 0 Å². The molecule has 2 aromatic rings. The number of allylic oxidation sites excluding steroid dienone is 4. The maximum Gasteiger partial charge on any atom is 0.220 e. The summed E-state index contributed by atoms with van der Waals surface area (Å²) in [5.41, 5.74) is 8.12. The Morgan fingerprint density at radius 3 is 2.94 bits per heavy atom. The number of hydrogen-bond acceptors (Lipinski definition) is 7. The van der Waals surface area contributed by atoms with Crippen LogP contribution in [-0.4, -0.2) is 34.8 Å². The molecule has 0 saturated heterocycles. The highest BCUT2D eigenvalue weighted by atomic mass is 19.1. The highest BCUT2D eigenvalue weighted by Crippen LogP contribution is 2.45. The quantitative estimate of drug-likeness (QED) is 0.666. The van der Waals surface area contributed by atoms with Crippen LogP contribution in [-0.2, 0) is 15.0 Å². The predicted molar refractivity (Wildman–Crippen MR) is 131 cm³/mol. The molecule has 0 spiro atoms. The Hall–Kier alpha value is -4.20. The smallest absolute Gasteiger partial charge is 0.220 e. The number of ether oxygens (including phenoxy) is 2. The number of aromatic nitrogens is 1. The molecule has 35 heavy (non-hydrogen) atoms. The Bertz CT molecular complexity index is 1370. The Kier molecular flexibility index (Phi) is 5.21. The molecule has 176 valence electrons. The lowest BCUT2D eigenvalue weighted by Crippen LogP contribution is -2.47. The van der Waals surface area contributed by atoms with Gasteiger partial charge < -0.3 is 15.2 Å². The van der Waals surface area contributed by atoms with Gasteiger partial charge in [-0.05, 0) is 54.2 Å². The molecular weight excluding hydrogens is 445 g/mol. The third-order valence-electron chi connectivity index (χ3n) is 6.55. The molecule has 4 heterocycles. The summed E-state index contributed by atoms with van der Waals surface area (Å²) in [5.74, 6) is 1.59. The van der Waals surface area contributed by atoms with Crippen molar-refractivity contribution in [1.82, 2.24) is 9.88 Å². The summed E-state index contributed by atoms with van der Waals surface area (Å²) < 4.78 is 26.8. The minimum Gasteiger partial charge on any atom is -0.465 e. The first-order chi connectivity index (χ1) is 17.2. The second-order valence-corrected chi connectivity index (χ2v) is 8.67. The van der Waals surface area contributed by atoms with Gasteiger partial charge in [0.15, 0.2) is 17.5 Å². The van der Waals surface area contributed by atoms with Crippen molar-refractivity contribution in [2.75, 3.05) is 13.1 Å². The average Bonchev–Trinajstić information content (AvgIpc) is 3.23. The standard InChI is InChI=1S/C27H24FN5O2/c28-24-21(11-5-12-30-24)19-9-4-10-20(15-19)27(25-31-13-6-14-33(25)26(29)32-27)23-17-34-16-22(35-23)18-7-2-1-3-8-18/h1-2,4-5,7,9-12,15-17H,3,6,8,13-14H2,(H2,29,32). The van der Waals surface area contributed by atoms with Crippen LogP contribution in [0.2, 0.25) is 0 Å². The van der Waals surface area contributed by atoms with Crippen molar-refractivity contribution in [3.05, 3.63) is 102 Å². The summed E-state index contributed by atoms with van der Waals surface area (Å²) in [5, 5.41) is 0. The van der Waals surface area contributed by atoms with Gasteiger partial charge >= 0.3 is 0 Å². The molecule has 0 amide bonds. The van der Waals surface area contributed by atoms with Gasteiger partial charge in [-0.1, -0.05) is 36.4 Å². The zero-order valence-electron chi connectivity index (χ0n) is 19.0. The van der Waals surface area contributed by atoms with Gasteiger partial charge in [0.1, 0.15) is 18.4 Å². The molecule has 0 saturated carbocycles. The van der Waals surface area contributed by atoms with Gasteiger partial charge in [0.05, 0.1) is 0 Å². The molecule has 4 aliphatic rings. The lowest BCUT2D eigenvalue weighted by atomic mass is 9.85. The summed E-state index contributed by atoms with van der Waals surface area (Å²) in [4.78, 5) is 15.5. The van der Waals surface area contributed by atoms with Crippen molar-refractivity contribution in [2.45, 2.75) is 24.8 Å². The molecule has 1 unspecified atom stereocenters. The monoisotopic (exact) mass is 469 g/mol. The SMILES string of the molecule is NC1=NC(C2=COC=C(C3=CC=CCC3)O2)(c2cccc(-c3cccnc3F)c2)C2=NCCCN12. The number of nitrogens with zero attached hydrogens (tertiary/aromatic N) is 4. The van der Waals surface area contributed by atoms with Gasteiger partial charge in [0.25, 0.3) is 0 Å². The van der Waals surface area contributed by atoms with Crippen LogP contribution in [0.4, 0.5) is 4.39 Å². The molecule has 6 rings (SSSR count). The van der Waals surface area contributed by atoms with Crippen molar-refractivity contribution in [1.29, 1.82) is 0 Å². The summed E-state index contributed by atoms with van der Waals surface area (Å²) in [6.07, 6.45) is 13.4.